The topological polar surface area (TPSA) is 97.4 Å². The molecule has 1 fully saturated rings. The molecule has 10 heteroatoms. The molecule has 0 amide bonds. The van der Waals surface area contributed by atoms with Crippen molar-refractivity contribution < 1.29 is 18.6 Å². The van der Waals surface area contributed by atoms with Crippen LogP contribution in [0.2, 0.25) is 0 Å². The number of nitrogens with one attached hydrogen (secondary N) is 2. The van der Waals surface area contributed by atoms with Crippen molar-refractivity contribution in [1.29, 1.82) is 0 Å². The summed E-state index contributed by atoms with van der Waals surface area (Å²) in [6, 6.07) is 12.2. The average Bonchev–Trinajstić information content (AvgIpc) is 3.33. The number of halogens is 1. The SMILES string of the molecule is COC1CCN(CCOc2n[nH]c3ncnc(Nc4ccc(OCc5cccc(F)c5)c(C)c4)c23)CC1. The first-order valence-electron chi connectivity index (χ1n) is 12.4. The van der Waals surface area contributed by atoms with Crippen LogP contribution >= 0.6 is 0 Å². The molecule has 0 radical (unpaired) electrons. The third kappa shape index (κ3) is 6.15. The van der Waals surface area contributed by atoms with E-state index < -0.39 is 0 Å². The Morgan fingerprint density at radius 1 is 1.11 bits per heavy atom. The Morgan fingerprint density at radius 3 is 2.76 bits per heavy atom. The minimum atomic E-state index is -0.275. The number of H-pyrrole nitrogens is 1. The van der Waals surface area contributed by atoms with Crippen molar-refractivity contribution in [2.75, 3.05) is 38.7 Å². The van der Waals surface area contributed by atoms with Crippen LogP contribution in [0, 0.1) is 12.7 Å². The molecule has 37 heavy (non-hydrogen) atoms. The van der Waals surface area contributed by atoms with Gasteiger partial charge in [-0.15, -0.1) is 5.10 Å². The van der Waals surface area contributed by atoms with Gasteiger partial charge in [-0.3, -0.25) is 10.00 Å². The lowest BCUT2D eigenvalue weighted by atomic mass is 10.1. The van der Waals surface area contributed by atoms with Crippen LogP contribution in [0.1, 0.15) is 24.0 Å². The summed E-state index contributed by atoms with van der Waals surface area (Å²) >= 11 is 0. The molecule has 9 nitrogen and oxygen atoms in total. The molecule has 4 aromatic rings. The maximum atomic E-state index is 13.4. The molecule has 194 valence electrons. The van der Waals surface area contributed by atoms with E-state index in [4.69, 9.17) is 14.2 Å². The highest BCUT2D eigenvalue weighted by Gasteiger charge is 2.19. The predicted octanol–water partition coefficient (Wildman–Crippen LogP) is 4.61. The monoisotopic (exact) mass is 506 g/mol. The zero-order valence-electron chi connectivity index (χ0n) is 21.0. The van der Waals surface area contributed by atoms with Gasteiger partial charge >= 0.3 is 0 Å². The number of aromatic nitrogens is 4. The van der Waals surface area contributed by atoms with Gasteiger partial charge in [-0.25, -0.2) is 14.4 Å². The number of hydrogen-bond acceptors (Lipinski definition) is 8. The number of anilines is 2. The fraction of sp³-hybridized carbons (Fsp3) is 0.370. The predicted molar refractivity (Wildman–Crippen MR) is 139 cm³/mol. The largest absolute Gasteiger partial charge is 0.489 e. The maximum absolute atomic E-state index is 13.4. The van der Waals surface area contributed by atoms with Crippen molar-refractivity contribution in [3.8, 4) is 11.6 Å². The number of rotatable bonds is 10. The summed E-state index contributed by atoms with van der Waals surface area (Å²) in [4.78, 5) is 11.1. The number of benzene rings is 2. The standard InChI is InChI=1S/C27H31FN6O3/c1-18-14-21(6-7-23(18)37-16-19-4-3-5-20(28)15-19)31-25-24-26(30-17-29-25)32-33-27(24)36-13-12-34-10-8-22(35-2)9-11-34/h3-7,14-15,17,22H,8-13,16H2,1-2H3,(H2,29,30,31,32,33). The fourth-order valence-electron chi connectivity index (χ4n) is 4.49. The minimum absolute atomic E-state index is 0.275. The van der Waals surface area contributed by atoms with Crippen molar-refractivity contribution in [1.82, 2.24) is 25.1 Å². The molecule has 0 aliphatic carbocycles. The molecule has 1 saturated heterocycles. The Bertz CT molecular complexity index is 1340. The number of methoxy groups -OCH3 is 1. The van der Waals surface area contributed by atoms with Crippen LogP contribution in [-0.2, 0) is 11.3 Å². The van der Waals surface area contributed by atoms with Crippen LogP contribution < -0.4 is 14.8 Å². The van der Waals surface area contributed by atoms with Gasteiger partial charge in [0.25, 0.3) is 0 Å². The van der Waals surface area contributed by atoms with Gasteiger partial charge in [-0.1, -0.05) is 12.1 Å². The molecule has 0 unspecified atom stereocenters. The van der Waals surface area contributed by atoms with Crippen molar-refractivity contribution in [3.05, 3.63) is 65.7 Å². The van der Waals surface area contributed by atoms with Crippen molar-refractivity contribution in [2.24, 2.45) is 0 Å². The number of piperidine rings is 1. The lowest BCUT2D eigenvalue weighted by Gasteiger charge is -2.30. The van der Waals surface area contributed by atoms with Gasteiger partial charge in [-0.2, -0.15) is 0 Å². The number of aromatic amines is 1. The van der Waals surface area contributed by atoms with Gasteiger partial charge in [0, 0.05) is 32.4 Å². The van der Waals surface area contributed by atoms with Gasteiger partial charge in [-0.05, 0) is 61.2 Å². The number of likely N-dealkylation sites (tertiary alicyclic amines) is 1. The summed E-state index contributed by atoms with van der Waals surface area (Å²) < 4.78 is 30.8. The molecular weight excluding hydrogens is 475 g/mol. The maximum Gasteiger partial charge on any atom is 0.246 e. The second-order valence-corrected chi connectivity index (χ2v) is 9.12. The van der Waals surface area contributed by atoms with E-state index in [1.807, 2.05) is 31.2 Å². The Kier molecular flexibility index (Phi) is 7.76. The third-order valence-electron chi connectivity index (χ3n) is 6.56. The van der Waals surface area contributed by atoms with E-state index in [9.17, 15) is 4.39 Å². The van der Waals surface area contributed by atoms with Crippen LogP contribution in [0.4, 0.5) is 15.9 Å². The molecule has 0 bridgehead atoms. The fourth-order valence-corrected chi connectivity index (χ4v) is 4.49. The summed E-state index contributed by atoms with van der Waals surface area (Å²) in [7, 11) is 1.78. The molecule has 1 aliphatic heterocycles. The van der Waals surface area contributed by atoms with E-state index >= 15 is 0 Å². The molecule has 5 rings (SSSR count). The van der Waals surface area contributed by atoms with Crippen LogP contribution in [0.3, 0.4) is 0 Å². The molecule has 2 aromatic heterocycles. The molecule has 2 aromatic carbocycles. The quantitative estimate of drug-likeness (QED) is 0.322. The van der Waals surface area contributed by atoms with Crippen LogP contribution in [-0.4, -0.2) is 64.5 Å². The van der Waals surface area contributed by atoms with Crippen molar-refractivity contribution in [3.63, 3.8) is 0 Å². The smallest absolute Gasteiger partial charge is 0.246 e. The third-order valence-corrected chi connectivity index (χ3v) is 6.56. The molecule has 3 heterocycles. The van der Waals surface area contributed by atoms with Crippen molar-refractivity contribution in [2.45, 2.75) is 32.5 Å². The highest BCUT2D eigenvalue weighted by Crippen LogP contribution is 2.31. The number of ether oxygens (including phenoxy) is 3. The number of aryl methyl sites for hydroxylation is 1. The van der Waals surface area contributed by atoms with E-state index in [0.717, 1.165) is 55.0 Å². The van der Waals surface area contributed by atoms with Gasteiger partial charge in [0.05, 0.1) is 6.10 Å². The number of hydrogen-bond donors (Lipinski definition) is 2. The Balaban J connectivity index is 1.23. The highest BCUT2D eigenvalue weighted by atomic mass is 19.1. The summed E-state index contributed by atoms with van der Waals surface area (Å²) in [6.45, 7) is 5.59. The van der Waals surface area contributed by atoms with Crippen LogP contribution in [0.5, 0.6) is 11.6 Å². The minimum Gasteiger partial charge on any atom is -0.489 e. The van der Waals surface area contributed by atoms with Gasteiger partial charge in [0.2, 0.25) is 5.88 Å². The van der Waals surface area contributed by atoms with E-state index in [2.05, 4.69) is 30.4 Å². The first kappa shape index (κ1) is 24.9. The van der Waals surface area contributed by atoms with Crippen LogP contribution in [0.25, 0.3) is 11.0 Å². The lowest BCUT2D eigenvalue weighted by Crippen LogP contribution is -2.38. The zero-order chi connectivity index (χ0) is 25.6. The normalized spacial score (nSPS) is 14.7. The zero-order valence-corrected chi connectivity index (χ0v) is 21.0. The van der Waals surface area contributed by atoms with Gasteiger partial charge in [0.1, 0.15) is 42.3 Å². The molecule has 0 spiro atoms. The van der Waals surface area contributed by atoms with Crippen molar-refractivity contribution >= 4 is 22.5 Å². The van der Waals surface area contributed by atoms with Gasteiger partial charge < -0.3 is 19.5 Å². The Hall–Kier alpha value is -3.76. The first-order chi connectivity index (χ1) is 18.1. The summed E-state index contributed by atoms with van der Waals surface area (Å²) in [5.41, 5.74) is 3.15. The van der Waals surface area contributed by atoms with E-state index in [0.29, 0.717) is 35.4 Å². The van der Waals surface area contributed by atoms with Gasteiger partial charge in [0.15, 0.2) is 5.65 Å². The highest BCUT2D eigenvalue weighted by molar-refractivity contribution is 5.92. The number of fused-ring (bicyclic) bond motifs is 1. The summed E-state index contributed by atoms with van der Waals surface area (Å²) in [5.74, 6) is 1.52. The summed E-state index contributed by atoms with van der Waals surface area (Å²) in [6.07, 6.45) is 3.92. The molecule has 0 atom stereocenters. The van der Waals surface area contributed by atoms with E-state index in [-0.39, 0.29) is 12.4 Å². The van der Waals surface area contributed by atoms with E-state index in [1.54, 1.807) is 13.2 Å². The molecule has 2 N–H and O–H groups in total. The Labute approximate surface area is 215 Å². The van der Waals surface area contributed by atoms with Crippen LogP contribution in [0.15, 0.2) is 48.8 Å². The second-order valence-electron chi connectivity index (χ2n) is 9.12. The summed E-state index contributed by atoms with van der Waals surface area (Å²) in [5, 5.41) is 11.3. The average molecular weight is 507 g/mol. The molecular formula is C27H31FN6O3. The Morgan fingerprint density at radius 2 is 1.97 bits per heavy atom. The number of nitrogens with zero attached hydrogens (tertiary/aromatic N) is 4. The molecule has 0 saturated carbocycles. The second kappa shape index (κ2) is 11.5. The first-order valence-corrected chi connectivity index (χ1v) is 12.4. The lowest BCUT2D eigenvalue weighted by molar-refractivity contribution is 0.0374. The molecule has 1 aliphatic rings. The van der Waals surface area contributed by atoms with E-state index in [1.165, 1.54) is 18.5 Å².